The number of hydrogen-bond acceptors (Lipinski definition) is 3. The first kappa shape index (κ1) is 22.9. The number of carbonyl (C=O) groups is 1. The van der Waals surface area contributed by atoms with Crippen LogP contribution in [-0.2, 0) is 0 Å². The Morgan fingerprint density at radius 1 is 1.09 bits per heavy atom. The lowest BCUT2D eigenvalue weighted by atomic mass is 10.1. The van der Waals surface area contributed by atoms with E-state index in [1.54, 1.807) is 65.6 Å². The fourth-order valence-corrected chi connectivity index (χ4v) is 4.33. The van der Waals surface area contributed by atoms with E-state index in [0.717, 1.165) is 4.47 Å². The largest absolute Gasteiger partial charge is 0.329 e. The molecule has 0 radical (unpaired) electrons. The van der Waals surface area contributed by atoms with E-state index >= 15 is 0 Å². The predicted molar refractivity (Wildman–Crippen MR) is 131 cm³/mol. The highest BCUT2D eigenvalue weighted by Gasteiger charge is 2.28. The maximum Gasteiger partial charge on any atom is 0.266 e. The summed E-state index contributed by atoms with van der Waals surface area (Å²) in [6, 6.07) is 19.6. The zero-order chi connectivity index (χ0) is 23.5. The second-order valence-electron chi connectivity index (χ2n) is 7.76. The highest BCUT2D eigenvalue weighted by Crippen LogP contribution is 2.26. The molecule has 0 bridgehead atoms. The minimum absolute atomic E-state index is 0.106. The average Bonchev–Trinajstić information content (AvgIpc) is 2.82. The summed E-state index contributed by atoms with van der Waals surface area (Å²) in [6.07, 6.45) is 0.710. The van der Waals surface area contributed by atoms with Gasteiger partial charge in [-0.2, -0.15) is 0 Å². The number of fused-ring (bicyclic) bond motifs is 1. The topological polar surface area (TPSA) is 55.2 Å². The molecular weight excluding hydrogens is 485 g/mol. The van der Waals surface area contributed by atoms with E-state index in [0.29, 0.717) is 35.3 Å². The first-order valence-electron chi connectivity index (χ1n) is 10.8. The van der Waals surface area contributed by atoms with Crippen molar-refractivity contribution in [1.29, 1.82) is 0 Å². The van der Waals surface area contributed by atoms with Crippen molar-refractivity contribution in [3.05, 3.63) is 105 Å². The molecule has 0 aliphatic carbocycles. The molecule has 4 rings (SSSR count). The van der Waals surface area contributed by atoms with Gasteiger partial charge in [0.1, 0.15) is 11.6 Å². The molecule has 1 amide bonds. The minimum Gasteiger partial charge on any atom is -0.329 e. The van der Waals surface area contributed by atoms with Crippen LogP contribution >= 0.6 is 15.9 Å². The van der Waals surface area contributed by atoms with E-state index in [4.69, 9.17) is 4.98 Å². The summed E-state index contributed by atoms with van der Waals surface area (Å²) in [5, 5.41) is 0.386. The molecule has 3 aromatic carbocycles. The average molecular weight is 508 g/mol. The van der Waals surface area contributed by atoms with Crippen LogP contribution in [0.25, 0.3) is 16.6 Å². The lowest BCUT2D eigenvalue weighted by molar-refractivity contribution is 0.0681. The molecule has 1 atom stereocenters. The zero-order valence-electron chi connectivity index (χ0n) is 18.3. The molecule has 0 aliphatic heterocycles. The molecular formula is C26H23BrFN3O2. The van der Waals surface area contributed by atoms with Crippen molar-refractivity contribution in [2.45, 2.75) is 26.3 Å². The normalized spacial score (nSPS) is 12.0. The van der Waals surface area contributed by atoms with Gasteiger partial charge in [0.15, 0.2) is 0 Å². The Kier molecular flexibility index (Phi) is 6.70. The number of hydrogen-bond donors (Lipinski definition) is 0. The number of halogens is 2. The predicted octanol–water partition coefficient (Wildman–Crippen LogP) is 5.90. The second kappa shape index (κ2) is 9.67. The first-order chi connectivity index (χ1) is 15.9. The van der Waals surface area contributed by atoms with E-state index in [1.807, 2.05) is 19.9 Å². The molecule has 1 unspecified atom stereocenters. The lowest BCUT2D eigenvalue weighted by Gasteiger charge is -2.30. The Morgan fingerprint density at radius 2 is 1.82 bits per heavy atom. The van der Waals surface area contributed by atoms with Crippen molar-refractivity contribution >= 4 is 32.7 Å². The van der Waals surface area contributed by atoms with Gasteiger partial charge < -0.3 is 4.90 Å². The van der Waals surface area contributed by atoms with Gasteiger partial charge >= 0.3 is 0 Å². The standard InChI is InChI=1S/C26H23BrFN3O2/c1-3-15-30(25(32)18-9-8-10-19(27)16-18)17(2)24-29-22-13-6-4-11-20(22)26(33)31(24)23-14-7-5-12-21(23)28/h4-14,16-17H,3,15H2,1-2H3. The van der Waals surface area contributed by atoms with Crippen molar-refractivity contribution in [2.24, 2.45) is 0 Å². The van der Waals surface area contributed by atoms with Crippen LogP contribution in [0.2, 0.25) is 0 Å². The van der Waals surface area contributed by atoms with Gasteiger partial charge in [-0.1, -0.05) is 53.2 Å². The van der Waals surface area contributed by atoms with Gasteiger partial charge in [-0.25, -0.2) is 9.37 Å². The van der Waals surface area contributed by atoms with Crippen LogP contribution < -0.4 is 5.56 Å². The third-order valence-corrected chi connectivity index (χ3v) is 6.03. The molecule has 0 saturated heterocycles. The van der Waals surface area contributed by atoms with Crippen LogP contribution in [0.15, 0.2) is 82.1 Å². The van der Waals surface area contributed by atoms with Crippen LogP contribution in [0, 0.1) is 5.82 Å². The van der Waals surface area contributed by atoms with Crippen molar-refractivity contribution in [3.63, 3.8) is 0 Å². The van der Waals surface area contributed by atoms with Crippen LogP contribution in [-0.4, -0.2) is 26.9 Å². The molecule has 0 aliphatic rings. The molecule has 7 heteroatoms. The summed E-state index contributed by atoms with van der Waals surface area (Å²) < 4.78 is 16.9. The number of aromatic nitrogens is 2. The van der Waals surface area contributed by atoms with E-state index in [2.05, 4.69) is 15.9 Å². The van der Waals surface area contributed by atoms with Crippen LogP contribution in [0.4, 0.5) is 4.39 Å². The maximum absolute atomic E-state index is 14.8. The fraction of sp³-hybridized carbons (Fsp3) is 0.192. The molecule has 33 heavy (non-hydrogen) atoms. The molecule has 1 heterocycles. The molecule has 5 nitrogen and oxygen atoms in total. The summed E-state index contributed by atoms with van der Waals surface area (Å²) in [5.41, 5.74) is 0.751. The summed E-state index contributed by atoms with van der Waals surface area (Å²) in [7, 11) is 0. The van der Waals surface area contributed by atoms with Crippen LogP contribution in [0.1, 0.15) is 42.5 Å². The summed E-state index contributed by atoms with van der Waals surface area (Å²) in [4.78, 5) is 33.4. The Labute approximate surface area is 199 Å². The summed E-state index contributed by atoms with van der Waals surface area (Å²) in [5.74, 6) is -0.417. The second-order valence-corrected chi connectivity index (χ2v) is 8.68. The van der Waals surface area contributed by atoms with Crippen molar-refractivity contribution < 1.29 is 9.18 Å². The first-order valence-corrected chi connectivity index (χ1v) is 11.5. The monoisotopic (exact) mass is 507 g/mol. The van der Waals surface area contributed by atoms with Gasteiger partial charge in [-0.15, -0.1) is 0 Å². The molecule has 4 aromatic rings. The molecule has 0 saturated carbocycles. The quantitative estimate of drug-likeness (QED) is 0.326. The highest BCUT2D eigenvalue weighted by atomic mass is 79.9. The van der Waals surface area contributed by atoms with Gasteiger partial charge in [0.2, 0.25) is 0 Å². The lowest BCUT2D eigenvalue weighted by Crippen LogP contribution is -2.38. The molecule has 0 fully saturated rings. The highest BCUT2D eigenvalue weighted by molar-refractivity contribution is 9.10. The van der Waals surface area contributed by atoms with Gasteiger partial charge in [-0.3, -0.25) is 14.2 Å². The number of benzene rings is 3. The van der Waals surface area contributed by atoms with Crippen molar-refractivity contribution in [2.75, 3.05) is 6.54 Å². The fourth-order valence-electron chi connectivity index (χ4n) is 3.93. The molecule has 0 N–H and O–H groups in total. The summed E-state index contributed by atoms with van der Waals surface area (Å²) in [6.45, 7) is 4.25. The third kappa shape index (κ3) is 4.46. The van der Waals surface area contributed by atoms with E-state index < -0.39 is 11.9 Å². The Morgan fingerprint density at radius 3 is 2.55 bits per heavy atom. The molecule has 1 aromatic heterocycles. The van der Waals surface area contributed by atoms with Gasteiger partial charge in [0.25, 0.3) is 11.5 Å². The van der Waals surface area contributed by atoms with E-state index in [1.165, 1.54) is 10.6 Å². The van der Waals surface area contributed by atoms with E-state index in [9.17, 15) is 14.0 Å². The Hall–Kier alpha value is -3.32. The number of amides is 1. The van der Waals surface area contributed by atoms with Gasteiger partial charge in [0, 0.05) is 16.6 Å². The summed E-state index contributed by atoms with van der Waals surface area (Å²) >= 11 is 3.42. The maximum atomic E-state index is 14.8. The smallest absolute Gasteiger partial charge is 0.266 e. The third-order valence-electron chi connectivity index (χ3n) is 5.53. The number of para-hydroxylation sites is 2. The number of rotatable bonds is 6. The minimum atomic E-state index is -0.589. The zero-order valence-corrected chi connectivity index (χ0v) is 19.9. The SMILES string of the molecule is CCCN(C(=O)c1cccc(Br)c1)C(C)c1nc2ccccc2c(=O)n1-c1ccccc1F. The molecule has 0 spiro atoms. The Bertz CT molecular complexity index is 1390. The number of carbonyl (C=O) groups excluding carboxylic acids is 1. The van der Waals surface area contributed by atoms with Gasteiger partial charge in [0.05, 0.1) is 22.6 Å². The van der Waals surface area contributed by atoms with Crippen molar-refractivity contribution in [3.8, 4) is 5.69 Å². The van der Waals surface area contributed by atoms with Crippen LogP contribution in [0.3, 0.4) is 0 Å². The van der Waals surface area contributed by atoms with Crippen LogP contribution in [0.5, 0.6) is 0 Å². The number of nitrogens with zero attached hydrogens (tertiary/aromatic N) is 3. The van der Waals surface area contributed by atoms with Crippen molar-refractivity contribution in [1.82, 2.24) is 14.5 Å². The van der Waals surface area contributed by atoms with Gasteiger partial charge in [-0.05, 0) is 55.8 Å². The Balaban J connectivity index is 1.93. The van der Waals surface area contributed by atoms with E-state index in [-0.39, 0.29) is 17.2 Å². The molecule has 168 valence electrons.